The first-order valence-electron chi connectivity index (χ1n) is 13.0. The molecular weight excluding hydrogens is 446 g/mol. The lowest BCUT2D eigenvalue weighted by molar-refractivity contribution is -0.136. The third-order valence-corrected chi connectivity index (χ3v) is 7.80. The van der Waals surface area contributed by atoms with Crippen LogP contribution in [-0.4, -0.2) is 108 Å². The van der Waals surface area contributed by atoms with Crippen molar-refractivity contribution in [2.45, 2.75) is 50.6 Å². The number of likely N-dealkylation sites (tertiary alicyclic amines) is 3. The summed E-state index contributed by atoms with van der Waals surface area (Å²) in [5.74, 6) is -0.349. The topological polar surface area (TPSA) is 93.3 Å². The van der Waals surface area contributed by atoms with Gasteiger partial charge in [-0.1, -0.05) is 6.07 Å². The van der Waals surface area contributed by atoms with E-state index >= 15 is 0 Å². The molecular formula is C26H35N5O4. The number of amides is 4. The quantitative estimate of drug-likeness (QED) is 0.691. The van der Waals surface area contributed by atoms with Gasteiger partial charge in [0.15, 0.2) is 0 Å². The van der Waals surface area contributed by atoms with Crippen LogP contribution in [0.4, 0.5) is 0 Å². The predicted molar refractivity (Wildman–Crippen MR) is 130 cm³/mol. The van der Waals surface area contributed by atoms with E-state index in [4.69, 9.17) is 0 Å². The van der Waals surface area contributed by atoms with Gasteiger partial charge in [0.05, 0.1) is 0 Å². The highest BCUT2D eigenvalue weighted by atomic mass is 16.2. The summed E-state index contributed by atoms with van der Waals surface area (Å²) in [4.78, 5) is 60.0. The summed E-state index contributed by atoms with van der Waals surface area (Å²) >= 11 is 0. The summed E-state index contributed by atoms with van der Waals surface area (Å²) in [6.07, 6.45) is 4.99. The van der Waals surface area contributed by atoms with Gasteiger partial charge in [0, 0.05) is 63.5 Å². The van der Waals surface area contributed by atoms with Crippen molar-refractivity contribution in [2.24, 2.45) is 0 Å². The summed E-state index contributed by atoms with van der Waals surface area (Å²) in [6, 6.07) is 5.91. The second kappa shape index (κ2) is 10.4. The fourth-order valence-corrected chi connectivity index (χ4v) is 5.89. The second-order valence-electron chi connectivity index (χ2n) is 10.0. The summed E-state index contributed by atoms with van der Waals surface area (Å²) < 4.78 is 0. The van der Waals surface area contributed by atoms with Crippen molar-refractivity contribution >= 4 is 23.6 Å². The zero-order valence-corrected chi connectivity index (χ0v) is 20.3. The molecule has 4 aliphatic rings. The average molecular weight is 482 g/mol. The minimum Gasteiger partial charge on any atom is -0.341 e. The number of hydrogen-bond acceptors (Lipinski definition) is 5. The number of benzene rings is 1. The number of hydrogen-bond donors (Lipinski definition) is 1. The van der Waals surface area contributed by atoms with Crippen LogP contribution in [0.25, 0.3) is 0 Å². The molecule has 9 nitrogen and oxygen atoms in total. The standard InChI is InChI=1S/C26H35N5O4/c32-23(30-14-4-8-21(30)25(34)28-12-1-2-13-28)19-6-3-7-20(18-19)24(33)31-15-5-9-22(31)26(35)29-16-10-27-11-17-29/h3,6-7,18,21-22,27H,1-2,4-5,8-17H2/t21-,22+/m1/s1. The molecule has 35 heavy (non-hydrogen) atoms. The first-order chi connectivity index (χ1) is 17.0. The van der Waals surface area contributed by atoms with Crippen LogP contribution in [0.15, 0.2) is 24.3 Å². The monoisotopic (exact) mass is 481 g/mol. The van der Waals surface area contributed by atoms with E-state index < -0.39 is 12.1 Å². The van der Waals surface area contributed by atoms with Crippen molar-refractivity contribution in [3.8, 4) is 0 Å². The summed E-state index contributed by atoms with van der Waals surface area (Å²) in [6.45, 7) is 5.49. The maximum atomic E-state index is 13.4. The van der Waals surface area contributed by atoms with Gasteiger partial charge in [0.25, 0.3) is 11.8 Å². The van der Waals surface area contributed by atoms with E-state index in [9.17, 15) is 19.2 Å². The molecule has 4 aliphatic heterocycles. The van der Waals surface area contributed by atoms with E-state index in [2.05, 4.69) is 5.32 Å². The number of rotatable bonds is 4. The first-order valence-corrected chi connectivity index (χ1v) is 13.0. The Morgan fingerprint density at radius 1 is 0.657 bits per heavy atom. The Morgan fingerprint density at radius 2 is 1.14 bits per heavy atom. The van der Waals surface area contributed by atoms with Crippen molar-refractivity contribution in [1.29, 1.82) is 0 Å². The van der Waals surface area contributed by atoms with Crippen LogP contribution < -0.4 is 5.32 Å². The minimum absolute atomic E-state index is 0.0184. The third kappa shape index (κ3) is 4.78. The molecule has 2 atom stereocenters. The Kier molecular flexibility index (Phi) is 7.04. The summed E-state index contributed by atoms with van der Waals surface area (Å²) in [7, 11) is 0. The molecule has 0 bridgehead atoms. The van der Waals surface area contributed by atoms with Crippen LogP contribution in [-0.2, 0) is 9.59 Å². The summed E-state index contributed by atoms with van der Waals surface area (Å²) in [5, 5.41) is 3.25. The maximum absolute atomic E-state index is 13.4. The van der Waals surface area contributed by atoms with Gasteiger partial charge in [-0.05, 0) is 56.7 Å². The smallest absolute Gasteiger partial charge is 0.254 e. The van der Waals surface area contributed by atoms with E-state index in [0.29, 0.717) is 50.1 Å². The van der Waals surface area contributed by atoms with Gasteiger partial charge in [-0.15, -0.1) is 0 Å². The molecule has 188 valence electrons. The van der Waals surface area contributed by atoms with Crippen LogP contribution in [0, 0.1) is 0 Å². The number of nitrogens with zero attached hydrogens (tertiary/aromatic N) is 4. The number of carbonyl (C=O) groups is 4. The van der Waals surface area contributed by atoms with Gasteiger partial charge in [0.1, 0.15) is 12.1 Å². The van der Waals surface area contributed by atoms with Gasteiger partial charge in [-0.25, -0.2) is 0 Å². The Labute approximate surface area is 206 Å². The van der Waals surface area contributed by atoms with E-state index in [1.165, 1.54) is 0 Å². The van der Waals surface area contributed by atoms with Gasteiger partial charge >= 0.3 is 0 Å². The highest BCUT2D eigenvalue weighted by molar-refractivity contribution is 6.02. The molecule has 1 aromatic rings. The van der Waals surface area contributed by atoms with Crippen molar-refractivity contribution in [1.82, 2.24) is 24.9 Å². The molecule has 0 aliphatic carbocycles. The van der Waals surface area contributed by atoms with Crippen LogP contribution in [0.5, 0.6) is 0 Å². The number of carbonyl (C=O) groups excluding carboxylic acids is 4. The maximum Gasteiger partial charge on any atom is 0.254 e. The Balaban J connectivity index is 1.30. The molecule has 5 rings (SSSR count). The molecule has 9 heteroatoms. The Morgan fingerprint density at radius 3 is 1.66 bits per heavy atom. The lowest BCUT2D eigenvalue weighted by Crippen LogP contribution is -2.53. The SMILES string of the molecule is O=C([C@H]1CCCN1C(=O)c1cccc(C(=O)N2CCC[C@H]2C(=O)N2CCNCC2)c1)N1CCCC1. The zero-order valence-electron chi connectivity index (χ0n) is 20.3. The van der Waals surface area contributed by atoms with E-state index in [0.717, 1.165) is 51.9 Å². The van der Waals surface area contributed by atoms with Crippen LogP contribution in [0.2, 0.25) is 0 Å². The van der Waals surface area contributed by atoms with Crippen LogP contribution in [0.1, 0.15) is 59.2 Å². The third-order valence-electron chi connectivity index (χ3n) is 7.80. The summed E-state index contributed by atoms with van der Waals surface area (Å²) in [5.41, 5.74) is 0.832. The minimum atomic E-state index is -0.444. The normalized spacial score (nSPS) is 24.8. The Bertz CT molecular complexity index is 986. The van der Waals surface area contributed by atoms with Crippen molar-refractivity contribution in [3.05, 3.63) is 35.4 Å². The van der Waals surface area contributed by atoms with Gasteiger partial charge in [0.2, 0.25) is 11.8 Å². The average Bonchev–Trinajstić information content (AvgIpc) is 3.69. The zero-order chi connectivity index (χ0) is 24.4. The molecule has 4 heterocycles. The molecule has 1 N–H and O–H groups in total. The lowest BCUT2D eigenvalue weighted by Gasteiger charge is -2.33. The molecule has 4 saturated heterocycles. The second-order valence-corrected chi connectivity index (χ2v) is 10.0. The molecule has 1 aromatic carbocycles. The molecule has 0 spiro atoms. The fraction of sp³-hybridized carbons (Fsp3) is 0.615. The van der Waals surface area contributed by atoms with Crippen molar-refractivity contribution in [3.63, 3.8) is 0 Å². The van der Waals surface area contributed by atoms with Gasteiger partial charge in [-0.3, -0.25) is 19.2 Å². The lowest BCUT2D eigenvalue weighted by atomic mass is 10.1. The number of piperazine rings is 1. The molecule has 0 radical (unpaired) electrons. The van der Waals surface area contributed by atoms with Crippen molar-refractivity contribution < 1.29 is 19.2 Å². The molecule has 4 amide bonds. The van der Waals surface area contributed by atoms with Gasteiger partial charge < -0.3 is 24.9 Å². The molecule has 4 fully saturated rings. The Hall–Kier alpha value is -2.94. The molecule has 0 aromatic heterocycles. The van der Waals surface area contributed by atoms with E-state index in [1.54, 1.807) is 34.1 Å². The predicted octanol–water partition coefficient (Wildman–Crippen LogP) is 0.950. The molecule has 0 unspecified atom stereocenters. The van der Waals surface area contributed by atoms with Crippen molar-refractivity contribution in [2.75, 3.05) is 52.4 Å². The number of nitrogens with one attached hydrogen (secondary N) is 1. The van der Waals surface area contributed by atoms with Gasteiger partial charge in [-0.2, -0.15) is 0 Å². The van der Waals surface area contributed by atoms with Crippen LogP contribution in [0.3, 0.4) is 0 Å². The highest BCUT2D eigenvalue weighted by Crippen LogP contribution is 2.26. The van der Waals surface area contributed by atoms with E-state index in [-0.39, 0.29) is 23.6 Å². The highest BCUT2D eigenvalue weighted by Gasteiger charge is 2.39. The fourth-order valence-electron chi connectivity index (χ4n) is 5.89. The molecule has 0 saturated carbocycles. The van der Waals surface area contributed by atoms with Crippen LogP contribution >= 0.6 is 0 Å². The van der Waals surface area contributed by atoms with E-state index in [1.807, 2.05) is 9.80 Å². The largest absolute Gasteiger partial charge is 0.341 e. The first kappa shape index (κ1) is 23.8.